The highest BCUT2D eigenvalue weighted by Crippen LogP contribution is 2.38. The molecule has 3 aliphatic rings. The van der Waals surface area contributed by atoms with E-state index in [-0.39, 0.29) is 17.9 Å². The topological polar surface area (TPSA) is 83.1 Å². The third-order valence-electron chi connectivity index (χ3n) is 7.19. The van der Waals surface area contributed by atoms with Crippen LogP contribution < -0.4 is 19.9 Å². The van der Waals surface area contributed by atoms with Crippen molar-refractivity contribution in [2.24, 2.45) is 5.92 Å². The van der Waals surface area contributed by atoms with E-state index in [9.17, 15) is 4.79 Å². The van der Waals surface area contributed by atoms with Crippen LogP contribution in [-0.4, -0.2) is 93.0 Å². The van der Waals surface area contributed by atoms with Gasteiger partial charge in [-0.05, 0) is 31.0 Å². The second-order valence-corrected chi connectivity index (χ2v) is 9.17. The standard InChI is InChI=1S/C25H34N6O3/c1-33-20-4-3-19-15-21(25(32)28-5-2-8-29-11-13-34-14-12-29)23-18-30(24-17-26-6-7-27-24)9-10-31(23)22(19)16-20/h3-4,6-7,16-17,21,23H,2,5,8-15,18H2,1H3,(H,28,32)/t21-,23+/m1/s1. The van der Waals surface area contributed by atoms with Crippen molar-refractivity contribution in [2.75, 3.05) is 75.9 Å². The fraction of sp³-hybridized carbons (Fsp3) is 0.560. The number of hydrogen-bond donors (Lipinski definition) is 1. The Morgan fingerprint density at radius 1 is 1.21 bits per heavy atom. The molecule has 2 fully saturated rings. The Balaban J connectivity index is 1.29. The van der Waals surface area contributed by atoms with Gasteiger partial charge in [0, 0.05) is 63.4 Å². The molecule has 1 amide bonds. The Kier molecular flexibility index (Phi) is 7.10. The van der Waals surface area contributed by atoms with Gasteiger partial charge in [0.15, 0.2) is 0 Å². The number of piperazine rings is 1. The lowest BCUT2D eigenvalue weighted by atomic mass is 9.83. The number of methoxy groups -OCH3 is 1. The van der Waals surface area contributed by atoms with Crippen LogP contribution in [0.5, 0.6) is 5.75 Å². The minimum atomic E-state index is -0.122. The second-order valence-electron chi connectivity index (χ2n) is 9.17. The number of amides is 1. The minimum absolute atomic E-state index is 0.0644. The molecule has 2 saturated heterocycles. The first-order valence-electron chi connectivity index (χ1n) is 12.3. The first-order chi connectivity index (χ1) is 16.7. The van der Waals surface area contributed by atoms with E-state index < -0.39 is 0 Å². The Morgan fingerprint density at radius 2 is 2.09 bits per heavy atom. The van der Waals surface area contributed by atoms with E-state index in [2.05, 4.69) is 42.1 Å². The Hall–Kier alpha value is -2.91. The van der Waals surface area contributed by atoms with Gasteiger partial charge in [0.25, 0.3) is 0 Å². The molecule has 1 aromatic heterocycles. The predicted molar refractivity (Wildman–Crippen MR) is 130 cm³/mol. The molecule has 0 radical (unpaired) electrons. The van der Waals surface area contributed by atoms with Crippen molar-refractivity contribution in [1.29, 1.82) is 0 Å². The maximum absolute atomic E-state index is 13.4. The van der Waals surface area contributed by atoms with Gasteiger partial charge in [-0.1, -0.05) is 6.07 Å². The molecule has 0 spiro atoms. The van der Waals surface area contributed by atoms with Gasteiger partial charge in [-0.25, -0.2) is 4.98 Å². The van der Waals surface area contributed by atoms with Crippen LogP contribution in [0.1, 0.15) is 12.0 Å². The molecule has 5 rings (SSSR count). The summed E-state index contributed by atoms with van der Waals surface area (Å²) in [6.45, 7) is 7.65. The zero-order valence-electron chi connectivity index (χ0n) is 19.9. The molecule has 9 nitrogen and oxygen atoms in total. The highest BCUT2D eigenvalue weighted by Gasteiger charge is 2.42. The maximum Gasteiger partial charge on any atom is 0.225 e. The van der Waals surface area contributed by atoms with Gasteiger partial charge < -0.3 is 24.6 Å². The molecule has 1 N–H and O–H groups in total. The monoisotopic (exact) mass is 466 g/mol. The van der Waals surface area contributed by atoms with Crippen LogP contribution in [0.3, 0.4) is 0 Å². The molecule has 34 heavy (non-hydrogen) atoms. The zero-order valence-corrected chi connectivity index (χ0v) is 19.9. The summed E-state index contributed by atoms with van der Waals surface area (Å²) in [5, 5.41) is 3.24. The third kappa shape index (κ3) is 4.95. The number of fused-ring (bicyclic) bond motifs is 3. The molecule has 2 atom stereocenters. The molecule has 2 aromatic rings. The molecular weight excluding hydrogens is 432 g/mol. The first kappa shape index (κ1) is 22.9. The number of morpholine rings is 1. The predicted octanol–water partition coefficient (Wildman–Crippen LogP) is 1.19. The van der Waals surface area contributed by atoms with Gasteiger partial charge in [-0.3, -0.25) is 14.7 Å². The zero-order chi connectivity index (χ0) is 23.3. The van der Waals surface area contributed by atoms with Crippen molar-refractivity contribution in [3.05, 3.63) is 42.4 Å². The summed E-state index contributed by atoms with van der Waals surface area (Å²) < 4.78 is 10.9. The summed E-state index contributed by atoms with van der Waals surface area (Å²) in [6, 6.07) is 6.27. The molecular formula is C25H34N6O3. The molecule has 0 bridgehead atoms. The summed E-state index contributed by atoms with van der Waals surface area (Å²) in [5.74, 6) is 1.73. The van der Waals surface area contributed by atoms with Crippen LogP contribution in [0.2, 0.25) is 0 Å². The quantitative estimate of drug-likeness (QED) is 0.610. The first-order valence-corrected chi connectivity index (χ1v) is 12.3. The molecule has 0 unspecified atom stereocenters. The van der Waals surface area contributed by atoms with Crippen LogP contribution in [0.4, 0.5) is 11.5 Å². The van der Waals surface area contributed by atoms with Gasteiger partial charge in [0.2, 0.25) is 5.91 Å². The van der Waals surface area contributed by atoms with Crippen LogP contribution in [0, 0.1) is 5.92 Å². The van der Waals surface area contributed by atoms with Crippen molar-refractivity contribution in [2.45, 2.75) is 18.9 Å². The smallest absolute Gasteiger partial charge is 0.225 e. The third-order valence-corrected chi connectivity index (χ3v) is 7.19. The van der Waals surface area contributed by atoms with E-state index in [1.165, 1.54) is 11.3 Å². The number of benzene rings is 1. The number of hydrogen-bond acceptors (Lipinski definition) is 8. The molecule has 4 heterocycles. The maximum atomic E-state index is 13.4. The number of ether oxygens (including phenoxy) is 2. The fourth-order valence-corrected chi connectivity index (χ4v) is 5.34. The van der Waals surface area contributed by atoms with E-state index in [0.717, 1.165) is 76.9 Å². The number of carbonyl (C=O) groups is 1. The molecule has 0 saturated carbocycles. The van der Waals surface area contributed by atoms with E-state index in [1.54, 1.807) is 25.7 Å². The summed E-state index contributed by atoms with van der Waals surface area (Å²) in [5.41, 5.74) is 2.39. The molecule has 3 aliphatic heterocycles. The lowest BCUT2D eigenvalue weighted by Crippen LogP contribution is -2.61. The average Bonchev–Trinajstić information content (AvgIpc) is 2.91. The summed E-state index contributed by atoms with van der Waals surface area (Å²) in [7, 11) is 1.70. The summed E-state index contributed by atoms with van der Waals surface area (Å²) >= 11 is 0. The Bertz CT molecular complexity index is 968. The highest BCUT2D eigenvalue weighted by atomic mass is 16.5. The SMILES string of the molecule is COc1ccc2c(c1)N1CCN(c3cnccn3)C[C@H]1[C@H](C(=O)NCCCN1CCOCC1)C2. The van der Waals surface area contributed by atoms with Crippen LogP contribution in [0.25, 0.3) is 0 Å². The van der Waals surface area contributed by atoms with Crippen molar-refractivity contribution in [3.8, 4) is 5.75 Å². The number of nitrogens with zero attached hydrogens (tertiary/aromatic N) is 5. The van der Waals surface area contributed by atoms with Crippen molar-refractivity contribution in [3.63, 3.8) is 0 Å². The van der Waals surface area contributed by atoms with Gasteiger partial charge in [0.1, 0.15) is 11.6 Å². The van der Waals surface area contributed by atoms with Gasteiger partial charge in [-0.2, -0.15) is 0 Å². The lowest BCUT2D eigenvalue weighted by molar-refractivity contribution is -0.125. The number of carbonyl (C=O) groups excluding carboxylic acids is 1. The van der Waals surface area contributed by atoms with Crippen molar-refractivity contribution in [1.82, 2.24) is 20.2 Å². The second kappa shape index (κ2) is 10.6. The van der Waals surface area contributed by atoms with Gasteiger partial charge in [0.05, 0.1) is 38.5 Å². The van der Waals surface area contributed by atoms with E-state index in [1.807, 2.05) is 6.07 Å². The number of aromatic nitrogens is 2. The lowest BCUT2D eigenvalue weighted by Gasteiger charge is -2.49. The van der Waals surface area contributed by atoms with Crippen molar-refractivity contribution >= 4 is 17.4 Å². The van der Waals surface area contributed by atoms with E-state index in [4.69, 9.17) is 9.47 Å². The van der Waals surface area contributed by atoms with E-state index in [0.29, 0.717) is 6.54 Å². The van der Waals surface area contributed by atoms with Crippen LogP contribution in [0.15, 0.2) is 36.8 Å². The Labute approximate surface area is 201 Å². The molecule has 1 aromatic carbocycles. The Morgan fingerprint density at radius 3 is 2.88 bits per heavy atom. The summed E-state index contributed by atoms with van der Waals surface area (Å²) in [6.07, 6.45) is 6.89. The van der Waals surface area contributed by atoms with Crippen LogP contribution >= 0.6 is 0 Å². The van der Waals surface area contributed by atoms with Crippen LogP contribution in [-0.2, 0) is 16.0 Å². The molecule has 182 valence electrons. The number of rotatable bonds is 7. The van der Waals surface area contributed by atoms with Gasteiger partial charge in [-0.15, -0.1) is 0 Å². The molecule has 0 aliphatic carbocycles. The van der Waals surface area contributed by atoms with Gasteiger partial charge >= 0.3 is 0 Å². The average molecular weight is 467 g/mol. The summed E-state index contributed by atoms with van der Waals surface area (Å²) in [4.78, 5) is 29.2. The normalized spacial score (nSPS) is 22.6. The molecule has 9 heteroatoms. The largest absolute Gasteiger partial charge is 0.497 e. The van der Waals surface area contributed by atoms with E-state index >= 15 is 0 Å². The number of nitrogens with one attached hydrogen (secondary N) is 1. The number of anilines is 2. The fourth-order valence-electron chi connectivity index (χ4n) is 5.34. The highest BCUT2D eigenvalue weighted by molar-refractivity contribution is 5.82. The van der Waals surface area contributed by atoms with Crippen molar-refractivity contribution < 1.29 is 14.3 Å². The minimum Gasteiger partial charge on any atom is -0.497 e.